The number of anilines is 2. The number of carbonyl (C=O) groups is 1. The van der Waals surface area contributed by atoms with E-state index in [9.17, 15) is 9.90 Å². The molecule has 5 atom stereocenters. The highest BCUT2D eigenvalue weighted by Gasteiger charge is 2.51. The van der Waals surface area contributed by atoms with E-state index in [0.29, 0.717) is 48.9 Å². The van der Waals surface area contributed by atoms with Crippen molar-refractivity contribution in [3.63, 3.8) is 0 Å². The van der Waals surface area contributed by atoms with Gasteiger partial charge in [0.25, 0.3) is 0 Å². The first-order valence-corrected chi connectivity index (χ1v) is 18.2. The average molecular weight is 804 g/mol. The van der Waals surface area contributed by atoms with Crippen molar-refractivity contribution in [2.45, 2.75) is 90.4 Å². The third-order valence-corrected chi connectivity index (χ3v) is 9.67. The molecule has 8 rings (SSSR count). The van der Waals surface area contributed by atoms with Gasteiger partial charge in [-0.05, 0) is 64.2 Å². The summed E-state index contributed by atoms with van der Waals surface area (Å²) in [6, 6.07) is 27.0. The lowest BCUT2D eigenvalue weighted by Crippen LogP contribution is -2.39. The van der Waals surface area contributed by atoms with Crippen molar-refractivity contribution in [3.8, 4) is 0 Å². The zero-order valence-electron chi connectivity index (χ0n) is 29.5. The fourth-order valence-corrected chi connectivity index (χ4v) is 6.54. The molecule has 0 radical (unpaired) electrons. The molecule has 2 aromatic carbocycles. The summed E-state index contributed by atoms with van der Waals surface area (Å²) < 4.78 is 26.9. The summed E-state index contributed by atoms with van der Waals surface area (Å²) >= 11 is 3.32. The Bertz CT molecular complexity index is 2100. The second-order valence-electron chi connectivity index (χ2n) is 12.6. The highest BCUT2D eigenvalue weighted by molar-refractivity contribution is 9.10. The molecule has 2 saturated heterocycles. The number of benzene rings is 2. The maximum absolute atomic E-state index is 11.4. The fraction of sp³-hybridized carbons (Fsp3) is 0.359. The summed E-state index contributed by atoms with van der Waals surface area (Å²) in [6.07, 6.45) is 4.76. The largest absolute Gasteiger partial charge is 0.460 e. The van der Waals surface area contributed by atoms with Gasteiger partial charge in [0.2, 0.25) is 5.79 Å². The van der Waals surface area contributed by atoms with Gasteiger partial charge in [0.1, 0.15) is 46.2 Å². The molecule has 286 valence electrons. The van der Waals surface area contributed by atoms with E-state index in [1.54, 1.807) is 21.2 Å². The number of aliphatic hydroxyl groups is 1. The molecule has 6 aromatic rings. The number of aromatic nitrogens is 6. The maximum atomic E-state index is 11.4. The lowest BCUT2D eigenvalue weighted by molar-refractivity contribution is -0.250. The predicted molar refractivity (Wildman–Crippen MR) is 208 cm³/mol. The van der Waals surface area contributed by atoms with Crippen molar-refractivity contribution >= 4 is 44.6 Å². The van der Waals surface area contributed by atoms with Crippen LogP contribution in [0.4, 0.5) is 11.6 Å². The highest BCUT2D eigenvalue weighted by atomic mass is 79.9. The van der Waals surface area contributed by atoms with Gasteiger partial charge in [-0.3, -0.25) is 0 Å². The van der Waals surface area contributed by atoms with Crippen LogP contribution in [0.25, 0.3) is 11.0 Å². The molecule has 6 heterocycles. The third-order valence-electron chi connectivity index (χ3n) is 9.07. The Balaban J connectivity index is 0.000000170. The second kappa shape index (κ2) is 18.4. The van der Waals surface area contributed by atoms with Crippen LogP contribution >= 0.6 is 15.9 Å². The van der Waals surface area contributed by atoms with Crippen LogP contribution in [0.15, 0.2) is 102 Å². The van der Waals surface area contributed by atoms with Crippen molar-refractivity contribution in [1.82, 2.24) is 29.2 Å². The van der Waals surface area contributed by atoms with Crippen molar-refractivity contribution in [2.24, 2.45) is 0 Å². The van der Waals surface area contributed by atoms with E-state index in [0.717, 1.165) is 34.1 Å². The minimum Gasteiger partial charge on any atom is -0.460 e. The predicted octanol–water partition coefficient (Wildman–Crippen LogP) is 6.25. The molecule has 0 spiro atoms. The number of hydrogen-bond acceptors (Lipinski definition) is 12. The van der Waals surface area contributed by atoms with Crippen LogP contribution < -0.4 is 11.5 Å². The molecule has 0 amide bonds. The topological polar surface area (TPSA) is 187 Å². The summed E-state index contributed by atoms with van der Waals surface area (Å²) in [5.41, 5.74) is 15.5. The number of cyclic esters (lactones) is 1. The number of nitrogen functional groups attached to an aromatic ring is 2. The molecule has 2 aliphatic rings. The molecule has 0 aliphatic carbocycles. The van der Waals surface area contributed by atoms with Crippen molar-refractivity contribution in [1.29, 1.82) is 0 Å². The normalized spacial score (nSPS) is 21.8. The van der Waals surface area contributed by atoms with Gasteiger partial charge in [0, 0.05) is 12.8 Å². The van der Waals surface area contributed by atoms with Crippen LogP contribution in [0.5, 0.6) is 0 Å². The number of rotatable bonds is 9. The molecular formula is C39H47BrN8O6. The zero-order valence-corrected chi connectivity index (χ0v) is 31.1. The molecule has 14 nitrogen and oxygen atoms in total. The SMILES string of the molecule is C.CC[C@@H]1C[C@@H](OCc2ccccc2)C(=O)O1.CC[C@@H]1C[C@@H](OCc2ccccc2)C(O)(c2ccc3c(N)ncnn23)O1.Nc1ncnn2c(Br)ccc12. The second-order valence-corrected chi connectivity index (χ2v) is 13.4. The highest BCUT2D eigenvalue weighted by Crippen LogP contribution is 2.41. The molecule has 1 unspecified atom stereocenters. The van der Waals surface area contributed by atoms with Gasteiger partial charge in [0.05, 0.1) is 19.3 Å². The first-order valence-electron chi connectivity index (χ1n) is 17.4. The summed E-state index contributed by atoms with van der Waals surface area (Å²) in [4.78, 5) is 19.3. The summed E-state index contributed by atoms with van der Waals surface area (Å²) in [7, 11) is 0. The maximum Gasteiger partial charge on any atom is 0.335 e. The number of carbonyl (C=O) groups excluding carboxylic acids is 1. The van der Waals surface area contributed by atoms with E-state index < -0.39 is 11.9 Å². The van der Waals surface area contributed by atoms with Crippen molar-refractivity contribution in [2.75, 3.05) is 11.5 Å². The Hall–Kier alpha value is -4.93. The monoisotopic (exact) mass is 802 g/mol. The lowest BCUT2D eigenvalue weighted by atomic mass is 10.0. The summed E-state index contributed by atoms with van der Waals surface area (Å²) in [5, 5.41) is 19.6. The molecule has 0 bridgehead atoms. The fourth-order valence-electron chi connectivity index (χ4n) is 6.13. The Kier molecular flexibility index (Phi) is 13.7. The van der Waals surface area contributed by atoms with Gasteiger partial charge in [0.15, 0.2) is 17.7 Å². The standard InChI is InChI=1S/C19H22N4O3.C13H16O3.C6H5BrN4.CH4/c1-2-14-10-17(25-11-13-6-4-3-5-7-13)19(24,26-14)16-9-8-15-18(20)21-12-22-23(15)16;1-2-11-8-12(13(14)16-11)15-9-10-6-4-3-5-7-10;7-5-2-1-4-6(8)9-3-10-11(4)5;/h3-9,12,14,17,24H,2,10-11H2,1H3,(H2,20,21,22);3-7,11-12H,2,8-9H2,1H3;1-3H,(H2,8,9,10);1H4/t14-,17-,19?;11-,12-;;/m11../s1. The molecule has 2 aliphatic heterocycles. The Morgan fingerprint density at radius 1 is 0.796 bits per heavy atom. The number of hydrogen-bond donors (Lipinski definition) is 3. The van der Waals surface area contributed by atoms with Gasteiger partial charge in [-0.1, -0.05) is 81.9 Å². The number of nitrogens with two attached hydrogens (primary N) is 2. The van der Waals surface area contributed by atoms with E-state index in [1.807, 2.05) is 86.6 Å². The molecule has 2 fully saturated rings. The molecule has 0 saturated carbocycles. The van der Waals surface area contributed by atoms with Gasteiger partial charge in [-0.2, -0.15) is 10.2 Å². The molecule has 54 heavy (non-hydrogen) atoms. The van der Waals surface area contributed by atoms with Gasteiger partial charge >= 0.3 is 5.97 Å². The van der Waals surface area contributed by atoms with Gasteiger partial charge in [-0.25, -0.2) is 23.8 Å². The van der Waals surface area contributed by atoms with E-state index in [-0.39, 0.29) is 31.7 Å². The van der Waals surface area contributed by atoms with E-state index in [1.165, 1.54) is 12.7 Å². The first-order chi connectivity index (χ1) is 25.7. The van der Waals surface area contributed by atoms with Gasteiger partial charge < -0.3 is 35.5 Å². The van der Waals surface area contributed by atoms with Gasteiger partial charge in [-0.15, -0.1) is 0 Å². The number of esters is 1. The lowest BCUT2D eigenvalue weighted by Gasteiger charge is -2.28. The number of nitrogens with zero attached hydrogens (tertiary/aromatic N) is 6. The molecule has 5 N–H and O–H groups in total. The van der Waals surface area contributed by atoms with Crippen LogP contribution in [0.3, 0.4) is 0 Å². The van der Waals surface area contributed by atoms with E-state index in [2.05, 4.69) is 36.1 Å². The van der Waals surface area contributed by atoms with E-state index in [4.69, 9.17) is 30.4 Å². The zero-order chi connectivity index (χ0) is 37.4. The van der Waals surface area contributed by atoms with Crippen LogP contribution in [-0.4, -0.2) is 64.7 Å². The van der Waals surface area contributed by atoms with Crippen LogP contribution in [0.1, 0.15) is 63.8 Å². The number of ether oxygens (including phenoxy) is 4. The molecular weight excluding hydrogens is 756 g/mol. The van der Waals surface area contributed by atoms with Crippen molar-refractivity contribution in [3.05, 3.63) is 119 Å². The molecule has 4 aromatic heterocycles. The summed E-state index contributed by atoms with van der Waals surface area (Å²) in [6.45, 7) is 4.91. The smallest absolute Gasteiger partial charge is 0.335 e. The summed E-state index contributed by atoms with van der Waals surface area (Å²) in [5.74, 6) is -0.974. The average Bonchev–Trinajstić information content (AvgIpc) is 3.97. The molecule has 15 heteroatoms. The first kappa shape index (κ1) is 40.3. The third kappa shape index (κ3) is 9.22. The Morgan fingerprint density at radius 2 is 1.35 bits per heavy atom. The number of halogens is 1. The quantitative estimate of drug-likeness (QED) is 0.140. The Labute approximate surface area is 322 Å². The Morgan fingerprint density at radius 3 is 1.93 bits per heavy atom. The minimum absolute atomic E-state index is 0. The van der Waals surface area contributed by atoms with E-state index >= 15 is 0 Å². The van der Waals surface area contributed by atoms with Crippen molar-refractivity contribution < 1.29 is 28.8 Å². The van der Waals surface area contributed by atoms with Crippen LogP contribution in [0, 0.1) is 0 Å². The van der Waals surface area contributed by atoms with Crippen LogP contribution in [-0.2, 0) is 42.7 Å². The minimum atomic E-state index is -1.59. The number of fused-ring (bicyclic) bond motifs is 2. The van der Waals surface area contributed by atoms with Crippen LogP contribution in [0.2, 0.25) is 0 Å².